The maximum atomic E-state index is 13.2. The van der Waals surface area contributed by atoms with Gasteiger partial charge >= 0.3 is 5.97 Å². The monoisotopic (exact) mass is 900 g/mol. The fourth-order valence-electron chi connectivity index (χ4n) is 8.65. The van der Waals surface area contributed by atoms with Crippen LogP contribution in [0.5, 0.6) is 0 Å². The van der Waals surface area contributed by atoms with Gasteiger partial charge in [0.2, 0.25) is 5.91 Å². The molecule has 0 radical (unpaired) electrons. The summed E-state index contributed by atoms with van der Waals surface area (Å²) in [5.74, 6) is -0.497. The minimum atomic E-state index is -0.792. The Morgan fingerprint density at radius 3 is 1.20 bits per heavy atom. The molecular formula is C58H109NO5. The van der Waals surface area contributed by atoms with E-state index in [1.165, 1.54) is 180 Å². The normalized spacial score (nSPS) is 13.4. The molecule has 1 amide bonds. The molecule has 0 aliphatic heterocycles. The molecule has 0 aromatic heterocycles. The molecule has 6 nitrogen and oxygen atoms in total. The first-order chi connectivity index (χ1) is 31.5. The molecule has 0 aliphatic rings. The number of carbonyl (C=O) groups is 2. The van der Waals surface area contributed by atoms with Gasteiger partial charge in [-0.1, -0.05) is 243 Å². The molecule has 0 aromatic rings. The van der Waals surface area contributed by atoms with Crippen molar-refractivity contribution in [1.82, 2.24) is 5.32 Å². The SMILES string of the molecule is CCCCCCCC/C=C/CCCCCCCCCC(CC(=O)NC(CO)C(O)CCCCCCCCCCCCCC)OC(=O)CCCCC/C=C/C=C/CCCCCCCCC. The summed E-state index contributed by atoms with van der Waals surface area (Å²) in [6.45, 7) is 6.49. The lowest BCUT2D eigenvalue weighted by atomic mass is 10.0. The van der Waals surface area contributed by atoms with E-state index < -0.39 is 18.2 Å². The Bertz CT molecular complexity index is 1060. The van der Waals surface area contributed by atoms with Crippen molar-refractivity contribution in [3.8, 4) is 0 Å². The summed E-state index contributed by atoms with van der Waals surface area (Å²) in [7, 11) is 0. The van der Waals surface area contributed by atoms with Gasteiger partial charge in [-0.2, -0.15) is 0 Å². The second kappa shape index (κ2) is 52.1. The second-order valence-corrected chi connectivity index (χ2v) is 19.4. The molecule has 0 bridgehead atoms. The molecule has 0 saturated carbocycles. The third-order valence-corrected chi connectivity index (χ3v) is 13.0. The van der Waals surface area contributed by atoms with Crippen LogP contribution in [-0.2, 0) is 14.3 Å². The van der Waals surface area contributed by atoms with Crippen LogP contribution in [0.3, 0.4) is 0 Å². The molecule has 64 heavy (non-hydrogen) atoms. The van der Waals surface area contributed by atoms with Gasteiger partial charge in [0.1, 0.15) is 6.10 Å². The maximum Gasteiger partial charge on any atom is 0.306 e. The Kier molecular flexibility index (Phi) is 50.5. The highest BCUT2D eigenvalue weighted by Gasteiger charge is 2.24. The number of nitrogens with one attached hydrogen (secondary N) is 1. The number of hydrogen-bond acceptors (Lipinski definition) is 5. The Balaban J connectivity index is 4.61. The molecular weight excluding hydrogens is 791 g/mol. The fourth-order valence-corrected chi connectivity index (χ4v) is 8.65. The standard InChI is InChI=1S/C58H109NO5/c1-4-7-10-13-16-19-22-25-27-29-30-32-34-37-40-43-46-49-54(64-58(63)51-48-45-42-39-36-33-31-28-26-23-20-17-14-11-8-5-2)52-57(62)59-55(53-60)56(61)50-47-44-41-38-35-24-21-18-15-12-9-6-3/h25,27-28,31,33,36,54-56,60-61H,4-24,26,29-30,32,34-35,37-53H2,1-3H3,(H,59,62)/b27-25+,31-28+,36-33+. The van der Waals surface area contributed by atoms with Gasteiger partial charge in [0, 0.05) is 6.42 Å². The molecule has 0 heterocycles. The van der Waals surface area contributed by atoms with E-state index in [2.05, 4.69) is 62.5 Å². The lowest BCUT2D eigenvalue weighted by Gasteiger charge is -2.24. The highest BCUT2D eigenvalue weighted by atomic mass is 16.5. The summed E-state index contributed by atoms with van der Waals surface area (Å²) in [5.41, 5.74) is 0. The Morgan fingerprint density at radius 2 is 0.797 bits per heavy atom. The van der Waals surface area contributed by atoms with Crippen molar-refractivity contribution in [2.24, 2.45) is 0 Å². The summed E-state index contributed by atoms with van der Waals surface area (Å²) in [4.78, 5) is 26.2. The first kappa shape index (κ1) is 62.1. The Hall–Kier alpha value is -1.92. The van der Waals surface area contributed by atoms with E-state index in [9.17, 15) is 19.8 Å². The highest BCUT2D eigenvalue weighted by Crippen LogP contribution is 2.18. The van der Waals surface area contributed by atoms with Gasteiger partial charge in [0.25, 0.3) is 0 Å². The second-order valence-electron chi connectivity index (χ2n) is 19.4. The minimum Gasteiger partial charge on any atom is -0.462 e. The van der Waals surface area contributed by atoms with E-state index in [4.69, 9.17) is 4.74 Å². The summed E-state index contributed by atoms with van der Waals surface area (Å²) in [6.07, 6.45) is 62.1. The van der Waals surface area contributed by atoms with Crippen molar-refractivity contribution in [3.05, 3.63) is 36.5 Å². The smallest absolute Gasteiger partial charge is 0.306 e. The van der Waals surface area contributed by atoms with Crippen LogP contribution >= 0.6 is 0 Å². The van der Waals surface area contributed by atoms with Crippen LogP contribution in [0, 0.1) is 0 Å². The molecule has 0 rings (SSSR count). The zero-order valence-electron chi connectivity index (χ0n) is 42.9. The van der Waals surface area contributed by atoms with Gasteiger partial charge in [-0.05, 0) is 77.0 Å². The van der Waals surface area contributed by atoms with Gasteiger partial charge < -0.3 is 20.3 Å². The quantitative estimate of drug-likeness (QED) is 0.0245. The minimum absolute atomic E-state index is 0.0667. The average Bonchev–Trinajstić information content (AvgIpc) is 3.29. The van der Waals surface area contributed by atoms with Crippen LogP contribution in [0.2, 0.25) is 0 Å². The molecule has 3 unspecified atom stereocenters. The Morgan fingerprint density at radius 1 is 0.453 bits per heavy atom. The average molecular weight is 901 g/mol. The molecule has 6 heteroatoms. The third kappa shape index (κ3) is 46.6. The van der Waals surface area contributed by atoms with Crippen LogP contribution in [0.15, 0.2) is 36.5 Å². The van der Waals surface area contributed by atoms with Crippen LogP contribution in [0.1, 0.15) is 297 Å². The first-order valence-corrected chi connectivity index (χ1v) is 28.2. The van der Waals surface area contributed by atoms with Crippen molar-refractivity contribution in [3.63, 3.8) is 0 Å². The highest BCUT2D eigenvalue weighted by molar-refractivity contribution is 5.77. The van der Waals surface area contributed by atoms with Crippen LogP contribution < -0.4 is 5.32 Å². The largest absolute Gasteiger partial charge is 0.462 e. The van der Waals surface area contributed by atoms with Crippen molar-refractivity contribution in [2.75, 3.05) is 6.61 Å². The number of amides is 1. The topological polar surface area (TPSA) is 95.9 Å². The maximum absolute atomic E-state index is 13.2. The van der Waals surface area contributed by atoms with Crippen LogP contribution in [0.25, 0.3) is 0 Å². The van der Waals surface area contributed by atoms with Crippen LogP contribution in [-0.4, -0.2) is 46.9 Å². The molecule has 0 aromatic carbocycles. The van der Waals surface area contributed by atoms with Gasteiger partial charge in [-0.25, -0.2) is 0 Å². The summed E-state index contributed by atoms with van der Waals surface area (Å²) in [5, 5.41) is 23.8. The van der Waals surface area contributed by atoms with Gasteiger partial charge in [-0.3, -0.25) is 9.59 Å². The number of aliphatic hydroxyl groups is 2. The molecule has 0 fully saturated rings. The molecule has 3 N–H and O–H groups in total. The third-order valence-electron chi connectivity index (χ3n) is 13.0. The van der Waals surface area contributed by atoms with E-state index in [0.717, 1.165) is 70.6 Å². The predicted octanol–water partition coefficient (Wildman–Crippen LogP) is 17.2. The van der Waals surface area contributed by atoms with E-state index in [1.54, 1.807) is 0 Å². The van der Waals surface area contributed by atoms with E-state index in [-0.39, 0.29) is 24.9 Å². The number of aliphatic hydroxyl groups excluding tert-OH is 2. The van der Waals surface area contributed by atoms with Gasteiger partial charge in [0.05, 0.1) is 25.2 Å². The van der Waals surface area contributed by atoms with E-state index >= 15 is 0 Å². The molecule has 3 atom stereocenters. The number of hydrogen-bond donors (Lipinski definition) is 3. The first-order valence-electron chi connectivity index (χ1n) is 28.2. The molecule has 0 saturated heterocycles. The number of esters is 1. The number of allylic oxidation sites excluding steroid dienone is 6. The molecule has 0 spiro atoms. The van der Waals surface area contributed by atoms with Crippen molar-refractivity contribution in [2.45, 2.75) is 315 Å². The van der Waals surface area contributed by atoms with Gasteiger partial charge in [-0.15, -0.1) is 0 Å². The number of carbonyl (C=O) groups excluding carboxylic acids is 2. The van der Waals surface area contributed by atoms with Crippen molar-refractivity contribution in [1.29, 1.82) is 0 Å². The van der Waals surface area contributed by atoms with Crippen LogP contribution in [0.4, 0.5) is 0 Å². The van der Waals surface area contributed by atoms with E-state index in [1.807, 2.05) is 0 Å². The fraction of sp³-hybridized carbons (Fsp3) is 0.862. The number of rotatable bonds is 51. The summed E-state index contributed by atoms with van der Waals surface area (Å²) < 4.78 is 5.94. The zero-order chi connectivity index (χ0) is 46.7. The van der Waals surface area contributed by atoms with Gasteiger partial charge in [0.15, 0.2) is 0 Å². The summed E-state index contributed by atoms with van der Waals surface area (Å²) >= 11 is 0. The molecule has 0 aliphatic carbocycles. The van der Waals surface area contributed by atoms with Crippen molar-refractivity contribution >= 4 is 11.9 Å². The summed E-state index contributed by atoms with van der Waals surface area (Å²) in [6, 6.07) is -0.706. The number of ether oxygens (including phenoxy) is 1. The predicted molar refractivity (Wildman–Crippen MR) is 278 cm³/mol. The van der Waals surface area contributed by atoms with Crippen molar-refractivity contribution < 1.29 is 24.5 Å². The number of unbranched alkanes of at least 4 members (excludes halogenated alkanes) is 34. The zero-order valence-corrected chi connectivity index (χ0v) is 42.9. The van der Waals surface area contributed by atoms with E-state index in [0.29, 0.717) is 19.3 Å². The Labute approximate surface area is 398 Å². The molecule has 376 valence electrons. The lowest BCUT2D eigenvalue weighted by molar-refractivity contribution is -0.151. The lowest BCUT2D eigenvalue weighted by Crippen LogP contribution is -2.46.